The van der Waals surface area contributed by atoms with Crippen molar-refractivity contribution in [2.45, 2.75) is 71.8 Å². The molecule has 1 saturated carbocycles. The predicted octanol–water partition coefficient (Wildman–Crippen LogP) is 7.74. The van der Waals surface area contributed by atoms with Gasteiger partial charge in [-0.3, -0.25) is 0 Å². The fraction of sp³-hybridized carbons (Fsp3) is 0.429. The Hall–Kier alpha value is -3.07. The number of anilines is 2. The summed E-state index contributed by atoms with van der Waals surface area (Å²) in [6.45, 7) is 8.00. The summed E-state index contributed by atoms with van der Waals surface area (Å²) in [5.41, 5.74) is -0.103. The second kappa shape index (κ2) is 15.2. The first kappa shape index (κ1) is 32.0. The molecule has 198 valence electrons. The Morgan fingerprint density at radius 3 is 2.30 bits per heavy atom. The van der Waals surface area contributed by atoms with Crippen molar-refractivity contribution < 1.29 is 13.6 Å². The lowest BCUT2D eigenvalue weighted by atomic mass is 9.76. The van der Waals surface area contributed by atoms with Crippen LogP contribution in [0.5, 0.6) is 0 Å². The van der Waals surface area contributed by atoms with Crippen LogP contribution >= 0.6 is 23.8 Å². The van der Waals surface area contributed by atoms with E-state index in [9.17, 15) is 13.6 Å². The smallest absolute Gasteiger partial charge is 0.181 e. The fourth-order valence-electron chi connectivity index (χ4n) is 3.86. The number of aryl methyl sites for hydroxylation is 1. The number of nitriles is 2. The molecule has 2 aromatic carbocycles. The summed E-state index contributed by atoms with van der Waals surface area (Å²) in [6, 6.07) is 11.2. The van der Waals surface area contributed by atoms with Gasteiger partial charge in [-0.1, -0.05) is 45.4 Å². The Labute approximate surface area is 229 Å². The minimum atomic E-state index is -0.965. The average Bonchev–Trinajstić information content (AvgIpc) is 2.90. The molecule has 0 unspecified atom stereocenters. The lowest BCUT2D eigenvalue weighted by Crippen LogP contribution is -2.60. The molecule has 0 atom stereocenters. The normalized spacial score (nSPS) is 12.7. The minimum absolute atomic E-state index is 0.00787. The van der Waals surface area contributed by atoms with E-state index >= 15 is 0 Å². The third-order valence-electron chi connectivity index (χ3n) is 5.94. The molecule has 0 aliphatic heterocycles. The minimum Gasteiger partial charge on any atom is -0.319 e. The zero-order chi connectivity index (χ0) is 28.2. The number of rotatable bonds is 7. The lowest BCUT2D eigenvalue weighted by molar-refractivity contribution is -0.114. The predicted molar refractivity (Wildman–Crippen MR) is 150 cm³/mol. The van der Waals surface area contributed by atoms with Crippen LogP contribution in [0.25, 0.3) is 0 Å². The highest BCUT2D eigenvalue weighted by molar-refractivity contribution is 7.80. The molecule has 0 heterocycles. The molecule has 0 bridgehead atoms. The molecule has 0 spiro atoms. The van der Waals surface area contributed by atoms with Crippen molar-refractivity contribution in [3.05, 3.63) is 58.1 Å². The molecule has 37 heavy (non-hydrogen) atoms. The quantitative estimate of drug-likeness (QED) is 0.201. The number of hydrogen-bond acceptors (Lipinski definition) is 4. The van der Waals surface area contributed by atoms with Crippen molar-refractivity contribution >= 4 is 46.6 Å². The zero-order valence-electron chi connectivity index (χ0n) is 21.9. The van der Waals surface area contributed by atoms with Crippen molar-refractivity contribution in [3.8, 4) is 12.1 Å². The molecule has 3 rings (SSSR count). The van der Waals surface area contributed by atoms with Gasteiger partial charge in [0.1, 0.15) is 23.7 Å². The van der Waals surface area contributed by atoms with Gasteiger partial charge in [0.05, 0.1) is 22.3 Å². The Bertz CT molecular complexity index is 1170. The van der Waals surface area contributed by atoms with E-state index in [0.29, 0.717) is 43.4 Å². The van der Waals surface area contributed by atoms with E-state index in [1.165, 1.54) is 30.1 Å². The van der Waals surface area contributed by atoms with Crippen LogP contribution in [0.2, 0.25) is 5.02 Å². The molecule has 0 saturated heterocycles. The lowest BCUT2D eigenvalue weighted by Gasteiger charge is -2.48. The summed E-state index contributed by atoms with van der Waals surface area (Å²) in [5, 5.41) is 17.5. The van der Waals surface area contributed by atoms with Crippen molar-refractivity contribution in [2.75, 3.05) is 16.8 Å². The standard InChI is InChI=1S/C24H21ClF2N4OS.2C2H6/c1-30(20-9-7-17(14-29)21(25)22(20)27)23(33)31(24(15-32)10-4-11-24)18-8-6-16(19(26)13-18)5-2-3-12-28;2*1-2/h6-9,13,15H,2-5,10-11H2,1H3;2*1-2H3. The van der Waals surface area contributed by atoms with Crippen LogP contribution in [0.1, 0.15) is 70.9 Å². The van der Waals surface area contributed by atoms with Gasteiger partial charge in [-0.25, -0.2) is 8.78 Å². The highest BCUT2D eigenvalue weighted by Gasteiger charge is 2.45. The SMILES string of the molecule is CC.CC.CN(C(=S)N(c1ccc(CCCC#N)c(F)c1)C1(C=O)CCC1)c1ccc(C#N)c(Cl)c1F. The summed E-state index contributed by atoms with van der Waals surface area (Å²) in [4.78, 5) is 15.1. The van der Waals surface area contributed by atoms with Gasteiger partial charge < -0.3 is 14.6 Å². The van der Waals surface area contributed by atoms with Gasteiger partial charge in [-0.05, 0) is 74.2 Å². The number of aldehydes is 1. The Balaban J connectivity index is 0.00000163. The van der Waals surface area contributed by atoms with E-state index in [1.807, 2.05) is 39.8 Å². The number of thiocarbonyl (C=S) groups is 1. The van der Waals surface area contributed by atoms with Gasteiger partial charge in [0.2, 0.25) is 0 Å². The first-order chi connectivity index (χ1) is 17.8. The van der Waals surface area contributed by atoms with Crippen LogP contribution < -0.4 is 9.80 Å². The van der Waals surface area contributed by atoms with Crippen LogP contribution in [0.15, 0.2) is 30.3 Å². The molecule has 1 aliphatic carbocycles. The fourth-order valence-corrected chi connectivity index (χ4v) is 4.45. The number of carbonyl (C=O) groups is 1. The number of halogens is 3. The first-order valence-electron chi connectivity index (χ1n) is 12.4. The summed E-state index contributed by atoms with van der Waals surface area (Å²) in [7, 11) is 1.53. The average molecular weight is 547 g/mol. The van der Waals surface area contributed by atoms with Gasteiger partial charge in [-0.2, -0.15) is 10.5 Å². The van der Waals surface area contributed by atoms with Crippen LogP contribution in [0.3, 0.4) is 0 Å². The number of nitrogens with zero attached hydrogens (tertiary/aromatic N) is 4. The van der Waals surface area contributed by atoms with E-state index in [0.717, 1.165) is 12.7 Å². The van der Waals surface area contributed by atoms with Crippen LogP contribution in [0, 0.1) is 34.3 Å². The van der Waals surface area contributed by atoms with Crippen molar-refractivity contribution in [3.63, 3.8) is 0 Å². The van der Waals surface area contributed by atoms with E-state index in [-0.39, 0.29) is 21.4 Å². The Morgan fingerprint density at radius 2 is 1.81 bits per heavy atom. The summed E-state index contributed by atoms with van der Waals surface area (Å²) in [6.07, 6.45) is 3.92. The number of carbonyl (C=O) groups excluding carboxylic acids is 1. The van der Waals surface area contributed by atoms with Gasteiger partial charge in [-0.15, -0.1) is 0 Å². The molecule has 5 nitrogen and oxygen atoms in total. The van der Waals surface area contributed by atoms with Gasteiger partial charge in [0.25, 0.3) is 0 Å². The maximum Gasteiger partial charge on any atom is 0.181 e. The number of benzene rings is 2. The summed E-state index contributed by atoms with van der Waals surface area (Å²) in [5.74, 6) is -1.28. The van der Waals surface area contributed by atoms with Crippen LogP contribution in [0.4, 0.5) is 20.2 Å². The summed E-state index contributed by atoms with van der Waals surface area (Å²) < 4.78 is 29.8. The largest absolute Gasteiger partial charge is 0.319 e. The Kier molecular flexibility index (Phi) is 13.2. The third kappa shape index (κ3) is 7.03. The number of hydrogen-bond donors (Lipinski definition) is 0. The molecule has 0 amide bonds. The van der Waals surface area contributed by atoms with E-state index in [2.05, 4.69) is 0 Å². The maximum absolute atomic E-state index is 14.9. The van der Waals surface area contributed by atoms with Crippen molar-refractivity contribution in [2.24, 2.45) is 0 Å². The molecule has 1 fully saturated rings. The topological polar surface area (TPSA) is 71.1 Å². The third-order valence-corrected chi connectivity index (χ3v) is 6.76. The summed E-state index contributed by atoms with van der Waals surface area (Å²) >= 11 is 11.6. The number of unbranched alkanes of at least 4 members (excludes halogenated alkanes) is 1. The van der Waals surface area contributed by atoms with Gasteiger partial charge in [0, 0.05) is 19.2 Å². The molecule has 0 aromatic heterocycles. The highest BCUT2D eigenvalue weighted by Crippen LogP contribution is 2.41. The van der Waals surface area contributed by atoms with Gasteiger partial charge in [0.15, 0.2) is 10.9 Å². The van der Waals surface area contributed by atoms with E-state index < -0.39 is 17.2 Å². The van der Waals surface area contributed by atoms with E-state index in [4.69, 9.17) is 34.3 Å². The molecule has 0 radical (unpaired) electrons. The molecular weight excluding hydrogens is 514 g/mol. The molecule has 2 aromatic rings. The second-order valence-corrected chi connectivity index (χ2v) is 8.65. The molecule has 1 aliphatic rings. The molecule has 9 heteroatoms. The molecule has 0 N–H and O–H groups in total. The van der Waals surface area contributed by atoms with Crippen LogP contribution in [-0.2, 0) is 11.2 Å². The van der Waals surface area contributed by atoms with Crippen LogP contribution in [-0.4, -0.2) is 24.0 Å². The Morgan fingerprint density at radius 1 is 1.16 bits per heavy atom. The van der Waals surface area contributed by atoms with E-state index in [1.54, 1.807) is 17.0 Å². The maximum atomic E-state index is 14.9. The highest BCUT2D eigenvalue weighted by atomic mass is 35.5. The van der Waals surface area contributed by atoms with Crippen molar-refractivity contribution in [1.82, 2.24) is 0 Å². The first-order valence-corrected chi connectivity index (χ1v) is 13.2. The monoisotopic (exact) mass is 546 g/mol. The van der Waals surface area contributed by atoms with Crippen molar-refractivity contribution in [1.29, 1.82) is 10.5 Å². The van der Waals surface area contributed by atoms with Gasteiger partial charge >= 0.3 is 0 Å². The zero-order valence-corrected chi connectivity index (χ0v) is 23.5. The second-order valence-electron chi connectivity index (χ2n) is 7.91. The molecular formula is C28H33ClF2N4OS.